The Bertz CT molecular complexity index is 954. The van der Waals surface area contributed by atoms with E-state index < -0.39 is 10.0 Å². The average molecular weight is 433 g/mol. The first-order chi connectivity index (χ1) is 14.4. The molecule has 1 fully saturated rings. The molecule has 1 aliphatic carbocycles. The summed E-state index contributed by atoms with van der Waals surface area (Å²) in [6.07, 6.45) is 2.21. The molecular formula is C22H28N2O5S. The lowest BCUT2D eigenvalue weighted by Crippen LogP contribution is -2.40. The topological polar surface area (TPSA) is 84.9 Å². The number of methoxy groups -OCH3 is 2. The highest BCUT2D eigenvalue weighted by atomic mass is 32.2. The molecule has 162 valence electrons. The molecule has 1 aliphatic rings. The van der Waals surface area contributed by atoms with Crippen molar-refractivity contribution in [1.29, 1.82) is 0 Å². The third-order valence-corrected chi connectivity index (χ3v) is 6.77. The molecule has 2 aromatic rings. The Hall–Kier alpha value is -2.42. The van der Waals surface area contributed by atoms with Gasteiger partial charge >= 0.3 is 0 Å². The van der Waals surface area contributed by atoms with Gasteiger partial charge in [0.1, 0.15) is 5.75 Å². The van der Waals surface area contributed by atoms with E-state index in [-0.39, 0.29) is 30.0 Å². The molecule has 1 unspecified atom stereocenters. The van der Waals surface area contributed by atoms with Crippen molar-refractivity contribution >= 4 is 21.6 Å². The lowest BCUT2D eigenvalue weighted by Gasteiger charge is -2.30. The highest BCUT2D eigenvalue weighted by molar-refractivity contribution is 7.89. The third kappa shape index (κ3) is 5.19. The highest BCUT2D eigenvalue weighted by Gasteiger charge is 2.35. The Morgan fingerprint density at radius 2 is 1.73 bits per heavy atom. The van der Waals surface area contributed by atoms with Crippen LogP contribution in [0.1, 0.15) is 30.1 Å². The van der Waals surface area contributed by atoms with E-state index in [1.807, 2.05) is 24.3 Å². The van der Waals surface area contributed by atoms with Crippen molar-refractivity contribution in [3.63, 3.8) is 0 Å². The molecule has 0 spiro atoms. The smallest absolute Gasteiger partial charge is 0.258 e. The maximum absolute atomic E-state index is 13.4. The molecule has 1 N–H and O–H groups in total. The van der Waals surface area contributed by atoms with Crippen LogP contribution < -0.4 is 14.4 Å². The van der Waals surface area contributed by atoms with Gasteiger partial charge in [-0.25, -0.2) is 13.1 Å². The molecule has 1 saturated carbocycles. The van der Waals surface area contributed by atoms with Crippen LogP contribution in [0.25, 0.3) is 0 Å². The summed E-state index contributed by atoms with van der Waals surface area (Å²) in [6, 6.07) is 13.5. The van der Waals surface area contributed by atoms with Crippen molar-refractivity contribution in [2.45, 2.75) is 30.7 Å². The van der Waals surface area contributed by atoms with Crippen LogP contribution in [-0.4, -0.2) is 47.7 Å². The standard InChI is InChI=1S/C22H28N2O5S/c1-16(17-4-5-17)24(19-8-10-20(29-3)11-9-19)22(25)18-6-12-21(13-7-18)30(26,27)23-14-15-28-2/h6-13,16-17,23H,4-5,14-15H2,1-3H3. The number of hydrogen-bond donors (Lipinski definition) is 1. The van der Waals surface area contributed by atoms with Crippen LogP contribution in [0.5, 0.6) is 5.75 Å². The Balaban J connectivity index is 1.83. The monoisotopic (exact) mass is 432 g/mol. The number of anilines is 1. The molecule has 30 heavy (non-hydrogen) atoms. The molecule has 0 saturated heterocycles. The number of carbonyl (C=O) groups is 1. The summed E-state index contributed by atoms with van der Waals surface area (Å²) in [7, 11) is -0.536. The summed E-state index contributed by atoms with van der Waals surface area (Å²) in [5.41, 5.74) is 1.23. The van der Waals surface area contributed by atoms with E-state index in [4.69, 9.17) is 9.47 Å². The molecular weight excluding hydrogens is 404 g/mol. The van der Waals surface area contributed by atoms with Crippen LogP contribution in [0.15, 0.2) is 53.4 Å². The van der Waals surface area contributed by atoms with Gasteiger partial charge in [-0.3, -0.25) is 4.79 Å². The minimum Gasteiger partial charge on any atom is -0.497 e. The first-order valence-electron chi connectivity index (χ1n) is 9.93. The molecule has 0 aliphatic heterocycles. The molecule has 0 aromatic heterocycles. The molecule has 7 nitrogen and oxygen atoms in total. The molecule has 1 atom stereocenters. The Morgan fingerprint density at radius 3 is 2.27 bits per heavy atom. The maximum Gasteiger partial charge on any atom is 0.258 e. The van der Waals surface area contributed by atoms with Gasteiger partial charge in [0.25, 0.3) is 5.91 Å². The number of nitrogens with one attached hydrogen (secondary N) is 1. The number of rotatable bonds is 10. The lowest BCUT2D eigenvalue weighted by molar-refractivity contribution is 0.0975. The first kappa shape index (κ1) is 22.3. The van der Waals surface area contributed by atoms with E-state index in [1.54, 1.807) is 24.1 Å². The highest BCUT2D eigenvalue weighted by Crippen LogP contribution is 2.38. The predicted octanol–water partition coefficient (Wildman–Crippen LogP) is 3.07. The molecule has 2 aromatic carbocycles. The van der Waals surface area contributed by atoms with Gasteiger partial charge in [-0.1, -0.05) is 0 Å². The number of amides is 1. The van der Waals surface area contributed by atoms with Crippen molar-refractivity contribution in [1.82, 2.24) is 4.72 Å². The largest absolute Gasteiger partial charge is 0.497 e. The zero-order valence-corrected chi connectivity index (χ0v) is 18.3. The quantitative estimate of drug-likeness (QED) is 0.583. The fraction of sp³-hybridized carbons (Fsp3) is 0.409. The van der Waals surface area contributed by atoms with Gasteiger partial charge in [0.05, 0.1) is 18.6 Å². The van der Waals surface area contributed by atoms with Crippen LogP contribution >= 0.6 is 0 Å². The zero-order chi connectivity index (χ0) is 21.7. The van der Waals surface area contributed by atoms with Crippen LogP contribution in [0, 0.1) is 5.92 Å². The number of hydrogen-bond acceptors (Lipinski definition) is 5. The Labute approximate surface area is 178 Å². The number of sulfonamides is 1. The summed E-state index contributed by atoms with van der Waals surface area (Å²) in [5, 5.41) is 0. The summed E-state index contributed by atoms with van der Waals surface area (Å²) in [5.74, 6) is 1.04. The normalized spacial score (nSPS) is 14.9. The van der Waals surface area contributed by atoms with E-state index in [2.05, 4.69) is 11.6 Å². The van der Waals surface area contributed by atoms with Gasteiger partial charge in [-0.05, 0) is 74.2 Å². The van der Waals surface area contributed by atoms with Gasteiger partial charge < -0.3 is 14.4 Å². The van der Waals surface area contributed by atoms with Crippen LogP contribution in [-0.2, 0) is 14.8 Å². The van der Waals surface area contributed by atoms with Crippen LogP contribution in [0.2, 0.25) is 0 Å². The van der Waals surface area contributed by atoms with Crippen LogP contribution in [0.3, 0.4) is 0 Å². The van der Waals surface area contributed by atoms with Crippen LogP contribution in [0.4, 0.5) is 5.69 Å². The number of ether oxygens (including phenoxy) is 2. The minimum absolute atomic E-state index is 0.0463. The Morgan fingerprint density at radius 1 is 1.10 bits per heavy atom. The van der Waals surface area contributed by atoms with Crippen molar-refractivity contribution in [2.24, 2.45) is 5.92 Å². The van der Waals surface area contributed by atoms with Gasteiger partial charge in [0.2, 0.25) is 10.0 Å². The van der Waals surface area contributed by atoms with E-state index >= 15 is 0 Å². The minimum atomic E-state index is -3.64. The number of carbonyl (C=O) groups excluding carboxylic acids is 1. The fourth-order valence-electron chi connectivity index (χ4n) is 3.35. The second-order valence-corrected chi connectivity index (χ2v) is 9.13. The fourth-order valence-corrected chi connectivity index (χ4v) is 4.36. The number of nitrogens with zero attached hydrogens (tertiary/aromatic N) is 1. The van der Waals surface area contributed by atoms with E-state index in [1.165, 1.54) is 19.2 Å². The van der Waals surface area contributed by atoms with Crippen molar-refractivity contribution in [2.75, 3.05) is 32.3 Å². The van der Waals surface area contributed by atoms with Gasteiger partial charge in [-0.2, -0.15) is 0 Å². The van der Waals surface area contributed by atoms with Gasteiger partial charge in [-0.15, -0.1) is 0 Å². The van der Waals surface area contributed by atoms with Gasteiger partial charge in [0, 0.05) is 30.9 Å². The zero-order valence-electron chi connectivity index (χ0n) is 17.5. The summed E-state index contributed by atoms with van der Waals surface area (Å²) >= 11 is 0. The maximum atomic E-state index is 13.4. The molecule has 8 heteroatoms. The summed E-state index contributed by atoms with van der Waals surface area (Å²) in [6.45, 7) is 2.52. The summed E-state index contributed by atoms with van der Waals surface area (Å²) in [4.78, 5) is 15.3. The summed E-state index contributed by atoms with van der Waals surface area (Å²) < 4.78 is 37.2. The van der Waals surface area contributed by atoms with Crippen molar-refractivity contribution < 1.29 is 22.7 Å². The lowest BCUT2D eigenvalue weighted by atomic mass is 10.1. The predicted molar refractivity (Wildman–Crippen MR) is 115 cm³/mol. The molecule has 0 radical (unpaired) electrons. The first-order valence-corrected chi connectivity index (χ1v) is 11.4. The second kappa shape index (κ2) is 9.59. The third-order valence-electron chi connectivity index (χ3n) is 5.29. The second-order valence-electron chi connectivity index (χ2n) is 7.37. The van der Waals surface area contributed by atoms with Crippen molar-refractivity contribution in [3.8, 4) is 5.75 Å². The molecule has 0 heterocycles. The molecule has 0 bridgehead atoms. The van der Waals surface area contributed by atoms with E-state index in [0.717, 1.165) is 24.3 Å². The molecule has 3 rings (SSSR count). The Kier molecular flexibility index (Phi) is 7.12. The number of benzene rings is 2. The average Bonchev–Trinajstić information content (AvgIpc) is 3.60. The molecule has 1 amide bonds. The van der Waals surface area contributed by atoms with E-state index in [9.17, 15) is 13.2 Å². The van der Waals surface area contributed by atoms with Crippen molar-refractivity contribution in [3.05, 3.63) is 54.1 Å². The SMILES string of the molecule is COCCNS(=O)(=O)c1ccc(C(=O)N(c2ccc(OC)cc2)C(C)C2CC2)cc1. The van der Waals surface area contributed by atoms with Gasteiger partial charge in [0.15, 0.2) is 0 Å². The van der Waals surface area contributed by atoms with E-state index in [0.29, 0.717) is 11.5 Å².